The highest BCUT2D eigenvalue weighted by atomic mass is 32.1. The van der Waals surface area contributed by atoms with Crippen molar-refractivity contribution in [2.75, 3.05) is 0 Å². The lowest BCUT2D eigenvalue weighted by molar-refractivity contribution is 0.833. The van der Waals surface area contributed by atoms with E-state index in [9.17, 15) is 4.79 Å². The Hall–Kier alpha value is -4.21. The lowest BCUT2D eigenvalue weighted by Gasteiger charge is -1.99. The Bertz CT molecular complexity index is 1590. The second-order valence-corrected chi connectivity index (χ2v) is 9.33. The highest BCUT2D eigenvalue weighted by Gasteiger charge is 2.19. The maximum Gasteiger partial charge on any atom is 0.301 e. The van der Waals surface area contributed by atoms with E-state index in [0.29, 0.717) is 16.0 Å². The molecule has 3 aromatic heterocycles. The van der Waals surface area contributed by atoms with E-state index in [-0.39, 0.29) is 11.2 Å². The molecule has 1 N–H and O–H groups in total. The van der Waals surface area contributed by atoms with Gasteiger partial charge in [-0.15, -0.1) is 21.6 Å². The minimum Gasteiger partial charge on any atom is -0.286 e. The summed E-state index contributed by atoms with van der Waals surface area (Å²) in [6, 6.07) is 7.76. The predicted molar refractivity (Wildman–Crippen MR) is 152 cm³/mol. The van der Waals surface area contributed by atoms with Crippen LogP contribution in [-0.4, -0.2) is 19.7 Å². The Kier molecular flexibility index (Phi) is 7.94. The lowest BCUT2D eigenvalue weighted by Crippen LogP contribution is -2.13. The molecule has 3 heterocycles. The lowest BCUT2D eigenvalue weighted by atomic mass is 10.1. The average Bonchev–Trinajstić information content (AvgIpc) is 3.59. The molecule has 0 aliphatic heterocycles. The molecule has 36 heavy (non-hydrogen) atoms. The van der Waals surface area contributed by atoms with Gasteiger partial charge in [0.2, 0.25) is 10.3 Å². The van der Waals surface area contributed by atoms with Gasteiger partial charge in [0.15, 0.2) is 5.69 Å². The second-order valence-electron chi connectivity index (χ2n) is 7.48. The fourth-order valence-corrected chi connectivity index (χ4v) is 4.92. The number of thiazole rings is 2. The van der Waals surface area contributed by atoms with Crippen molar-refractivity contribution in [3.05, 3.63) is 113 Å². The van der Waals surface area contributed by atoms with Crippen LogP contribution >= 0.6 is 22.7 Å². The molecule has 0 radical (unpaired) electrons. The van der Waals surface area contributed by atoms with Crippen LogP contribution in [0.15, 0.2) is 106 Å². The highest BCUT2D eigenvalue weighted by molar-refractivity contribution is 7.21. The number of benzene rings is 1. The van der Waals surface area contributed by atoms with E-state index < -0.39 is 0 Å². The standard InChI is InChI=1S/C27H24N6OS2/c1-5-8-9-14-18(4)21-17-35-27(29-21)33-25(34)24(23(32-33)19(12-6-2)13-7-3)30-31-26-28-20-15-10-11-16-22(20)36-26/h5-17,32H,1-2H2,3-4H3/b9-8-,13-7-,18-14+,19-12+,31-30?. The summed E-state index contributed by atoms with van der Waals surface area (Å²) in [6.07, 6.45) is 14.6. The van der Waals surface area contributed by atoms with Crippen LogP contribution in [0.1, 0.15) is 25.2 Å². The Balaban J connectivity index is 1.80. The number of aromatic amines is 1. The molecule has 7 nitrogen and oxygen atoms in total. The summed E-state index contributed by atoms with van der Waals surface area (Å²) in [6.45, 7) is 11.3. The van der Waals surface area contributed by atoms with Gasteiger partial charge < -0.3 is 0 Å². The summed E-state index contributed by atoms with van der Waals surface area (Å²) < 4.78 is 2.39. The van der Waals surface area contributed by atoms with Crippen LogP contribution in [0, 0.1) is 0 Å². The molecule has 0 unspecified atom stereocenters. The SMILES string of the molecule is C=C/C=C\C=C(/C)c1csc(-n2[nH]c(C(/C=C\C)=C/C=C)c(N=Nc3nc4ccccc4s3)c2=O)n1. The zero-order valence-corrected chi connectivity index (χ0v) is 21.5. The van der Waals surface area contributed by atoms with Gasteiger partial charge in [0, 0.05) is 11.0 Å². The third kappa shape index (κ3) is 5.37. The highest BCUT2D eigenvalue weighted by Crippen LogP contribution is 2.31. The molecule has 0 saturated carbocycles. The topological polar surface area (TPSA) is 88.3 Å². The molecule has 4 aromatic rings. The third-order valence-electron chi connectivity index (χ3n) is 5.00. The normalized spacial score (nSPS) is 13.1. The first-order chi connectivity index (χ1) is 17.5. The number of allylic oxidation sites excluding steroid dienone is 10. The molecule has 0 spiro atoms. The van der Waals surface area contributed by atoms with Crippen molar-refractivity contribution in [3.8, 4) is 5.13 Å². The first kappa shape index (κ1) is 24.9. The molecular formula is C27H24N6OS2. The molecule has 0 aliphatic carbocycles. The molecule has 0 bridgehead atoms. The van der Waals surface area contributed by atoms with Crippen LogP contribution in [0.4, 0.5) is 10.8 Å². The zero-order valence-electron chi connectivity index (χ0n) is 19.9. The number of nitrogens with one attached hydrogen (secondary N) is 1. The number of para-hydroxylation sites is 1. The number of azo groups is 1. The van der Waals surface area contributed by atoms with E-state index in [2.05, 4.69) is 38.5 Å². The van der Waals surface area contributed by atoms with E-state index in [4.69, 9.17) is 0 Å². The number of rotatable bonds is 9. The Labute approximate surface area is 216 Å². The number of fused-ring (bicyclic) bond motifs is 1. The molecule has 1 aromatic carbocycles. The van der Waals surface area contributed by atoms with Crippen molar-refractivity contribution in [1.29, 1.82) is 0 Å². The van der Waals surface area contributed by atoms with Crippen LogP contribution in [0.25, 0.3) is 26.5 Å². The summed E-state index contributed by atoms with van der Waals surface area (Å²) in [4.78, 5) is 22.6. The number of hydrogen-bond donors (Lipinski definition) is 1. The third-order valence-corrected chi connectivity index (χ3v) is 6.74. The summed E-state index contributed by atoms with van der Waals surface area (Å²) in [5.74, 6) is 0. The predicted octanol–water partition coefficient (Wildman–Crippen LogP) is 7.94. The van der Waals surface area contributed by atoms with Gasteiger partial charge in [0.1, 0.15) is 0 Å². The van der Waals surface area contributed by atoms with Crippen molar-refractivity contribution in [3.63, 3.8) is 0 Å². The fourth-order valence-electron chi connectivity index (χ4n) is 3.29. The number of aromatic nitrogens is 4. The van der Waals surface area contributed by atoms with Crippen LogP contribution < -0.4 is 5.56 Å². The zero-order chi connectivity index (χ0) is 25.5. The van der Waals surface area contributed by atoms with Gasteiger partial charge in [-0.2, -0.15) is 4.68 Å². The Morgan fingerprint density at radius 2 is 1.94 bits per heavy atom. The van der Waals surface area contributed by atoms with Gasteiger partial charge in [-0.05, 0) is 31.6 Å². The van der Waals surface area contributed by atoms with Gasteiger partial charge in [-0.25, -0.2) is 9.97 Å². The molecule has 0 aliphatic rings. The summed E-state index contributed by atoms with van der Waals surface area (Å²) >= 11 is 2.77. The number of hydrogen-bond acceptors (Lipinski definition) is 7. The maximum absolute atomic E-state index is 13.5. The Morgan fingerprint density at radius 1 is 1.11 bits per heavy atom. The van der Waals surface area contributed by atoms with Gasteiger partial charge in [-0.3, -0.25) is 9.89 Å². The van der Waals surface area contributed by atoms with Gasteiger partial charge in [0.05, 0.1) is 21.6 Å². The molecule has 180 valence electrons. The summed E-state index contributed by atoms with van der Waals surface area (Å²) in [7, 11) is 0. The van der Waals surface area contributed by atoms with Crippen LogP contribution in [0.5, 0.6) is 0 Å². The minimum absolute atomic E-state index is 0.165. The molecule has 0 atom stereocenters. The molecule has 4 rings (SSSR count). The smallest absolute Gasteiger partial charge is 0.286 e. The van der Waals surface area contributed by atoms with E-state index in [1.165, 1.54) is 27.4 Å². The summed E-state index contributed by atoms with van der Waals surface area (Å²) in [5, 5.41) is 14.7. The van der Waals surface area contributed by atoms with Crippen molar-refractivity contribution in [1.82, 2.24) is 19.7 Å². The molecule has 0 amide bonds. The molecule has 0 saturated heterocycles. The molecule has 9 heteroatoms. The van der Waals surface area contributed by atoms with Crippen LogP contribution in [0.2, 0.25) is 0 Å². The largest absolute Gasteiger partial charge is 0.301 e. The Morgan fingerprint density at radius 3 is 2.69 bits per heavy atom. The van der Waals surface area contributed by atoms with E-state index in [0.717, 1.165) is 27.1 Å². The van der Waals surface area contributed by atoms with Crippen LogP contribution in [-0.2, 0) is 0 Å². The second kappa shape index (κ2) is 11.5. The van der Waals surface area contributed by atoms with Crippen molar-refractivity contribution in [2.45, 2.75) is 13.8 Å². The fraction of sp³-hybridized carbons (Fsp3) is 0.0741. The van der Waals surface area contributed by atoms with Crippen molar-refractivity contribution >= 4 is 54.9 Å². The summed E-state index contributed by atoms with van der Waals surface area (Å²) in [5.41, 5.74) is 3.64. The quantitative estimate of drug-likeness (QED) is 0.182. The first-order valence-electron chi connectivity index (χ1n) is 11.1. The average molecular weight is 513 g/mol. The molecular weight excluding hydrogens is 488 g/mol. The number of nitrogens with zero attached hydrogens (tertiary/aromatic N) is 5. The van der Waals surface area contributed by atoms with Crippen molar-refractivity contribution < 1.29 is 0 Å². The first-order valence-corrected chi connectivity index (χ1v) is 12.8. The van der Waals surface area contributed by atoms with Gasteiger partial charge in [0.25, 0.3) is 0 Å². The van der Waals surface area contributed by atoms with E-state index in [1.54, 1.807) is 18.2 Å². The van der Waals surface area contributed by atoms with Gasteiger partial charge in [-0.1, -0.05) is 85.2 Å². The molecule has 0 fully saturated rings. The monoisotopic (exact) mass is 512 g/mol. The van der Waals surface area contributed by atoms with E-state index in [1.807, 2.05) is 73.9 Å². The van der Waals surface area contributed by atoms with Gasteiger partial charge >= 0.3 is 5.56 Å². The van der Waals surface area contributed by atoms with Crippen molar-refractivity contribution in [2.24, 2.45) is 10.2 Å². The number of H-pyrrole nitrogens is 1. The minimum atomic E-state index is -0.358. The van der Waals surface area contributed by atoms with E-state index >= 15 is 0 Å². The van der Waals surface area contributed by atoms with Crippen LogP contribution in [0.3, 0.4) is 0 Å². The maximum atomic E-state index is 13.5.